The number of nitrogens with two attached hydrogens (primary N) is 1. The van der Waals surface area contributed by atoms with E-state index in [0.717, 1.165) is 15.8 Å². The number of halogens is 1. The van der Waals surface area contributed by atoms with Crippen LogP contribution in [0.15, 0.2) is 34.9 Å². The lowest BCUT2D eigenvalue weighted by Gasteiger charge is -2.32. The molecule has 0 saturated carbocycles. The van der Waals surface area contributed by atoms with Crippen molar-refractivity contribution in [2.24, 2.45) is 5.92 Å². The molecule has 2 unspecified atom stereocenters. The first-order valence-electron chi connectivity index (χ1n) is 5.88. The number of hydrogen-bond acceptors (Lipinski definition) is 3. The predicted molar refractivity (Wildman–Crippen MR) is 73.6 cm³/mol. The molecule has 0 fully saturated rings. The number of nitrogens with zero attached hydrogens (tertiary/aromatic N) is 2. The number of fused-ring (bicyclic) bond motifs is 1. The second-order valence-electron chi connectivity index (χ2n) is 4.59. The maximum Gasteiger partial charge on any atom is 0.136 e. The number of rotatable bonds is 1. The summed E-state index contributed by atoms with van der Waals surface area (Å²) in [5, 5.41) is 4.38. The smallest absolute Gasteiger partial charge is 0.136 e. The monoisotopic (exact) mass is 307 g/mol. The quantitative estimate of drug-likeness (QED) is 0.881. The van der Waals surface area contributed by atoms with E-state index >= 15 is 0 Å². The van der Waals surface area contributed by atoms with Crippen LogP contribution in [0.4, 0.5) is 5.82 Å². The molecule has 2 heterocycles. The van der Waals surface area contributed by atoms with Crippen LogP contribution in [0.2, 0.25) is 0 Å². The molecule has 1 aromatic carbocycles. The second-order valence-corrected chi connectivity index (χ2v) is 5.45. The fourth-order valence-corrected chi connectivity index (χ4v) is 2.69. The van der Waals surface area contributed by atoms with Gasteiger partial charge < -0.3 is 10.5 Å². The summed E-state index contributed by atoms with van der Waals surface area (Å²) in [6.45, 7) is 2.83. The standard InChI is InChI=1S/C13H14BrN3O/c1-8-7-18-11-5-3-2-4-9(11)12(8)17-13(15)10(14)6-16-17/h2-6,8,12H,7,15H2,1H3. The molecular formula is C13H14BrN3O. The van der Waals surface area contributed by atoms with Crippen molar-refractivity contribution in [1.29, 1.82) is 0 Å². The van der Waals surface area contributed by atoms with Crippen molar-refractivity contribution in [2.45, 2.75) is 13.0 Å². The van der Waals surface area contributed by atoms with Gasteiger partial charge in [0, 0.05) is 11.5 Å². The van der Waals surface area contributed by atoms with Gasteiger partial charge in [0.25, 0.3) is 0 Å². The first-order chi connectivity index (χ1) is 8.68. The van der Waals surface area contributed by atoms with E-state index < -0.39 is 0 Å². The molecule has 18 heavy (non-hydrogen) atoms. The summed E-state index contributed by atoms with van der Waals surface area (Å²) in [6, 6.07) is 8.19. The number of hydrogen-bond donors (Lipinski definition) is 1. The van der Waals surface area contributed by atoms with Gasteiger partial charge in [0.15, 0.2) is 0 Å². The van der Waals surface area contributed by atoms with Crippen molar-refractivity contribution in [1.82, 2.24) is 9.78 Å². The molecule has 3 rings (SSSR count). The molecular weight excluding hydrogens is 294 g/mol. The average Bonchev–Trinajstić information content (AvgIpc) is 2.70. The zero-order valence-electron chi connectivity index (χ0n) is 10.0. The molecule has 0 spiro atoms. The minimum Gasteiger partial charge on any atom is -0.493 e. The zero-order chi connectivity index (χ0) is 12.7. The molecule has 1 aliphatic heterocycles. The Kier molecular flexibility index (Phi) is 2.78. The highest BCUT2D eigenvalue weighted by Gasteiger charge is 2.31. The van der Waals surface area contributed by atoms with Gasteiger partial charge in [0.1, 0.15) is 11.6 Å². The highest BCUT2D eigenvalue weighted by Crippen LogP contribution is 2.39. The minimum absolute atomic E-state index is 0.126. The molecule has 1 aromatic heterocycles. The third kappa shape index (κ3) is 1.70. The Hall–Kier alpha value is -1.49. The number of nitrogen functional groups attached to an aromatic ring is 1. The van der Waals surface area contributed by atoms with E-state index in [1.807, 2.05) is 22.9 Å². The van der Waals surface area contributed by atoms with Gasteiger partial charge in [-0.1, -0.05) is 25.1 Å². The summed E-state index contributed by atoms with van der Waals surface area (Å²) in [4.78, 5) is 0. The largest absolute Gasteiger partial charge is 0.493 e. The Labute approximate surface area is 114 Å². The van der Waals surface area contributed by atoms with Gasteiger partial charge >= 0.3 is 0 Å². The summed E-state index contributed by atoms with van der Waals surface area (Å²) in [5.74, 6) is 1.91. The van der Waals surface area contributed by atoms with Crippen molar-refractivity contribution in [3.63, 3.8) is 0 Å². The van der Waals surface area contributed by atoms with Crippen LogP contribution >= 0.6 is 15.9 Å². The van der Waals surface area contributed by atoms with E-state index in [9.17, 15) is 0 Å². The maximum absolute atomic E-state index is 6.07. The maximum atomic E-state index is 6.07. The average molecular weight is 308 g/mol. The molecule has 94 valence electrons. The Morgan fingerprint density at radius 3 is 2.94 bits per heavy atom. The molecule has 5 heteroatoms. The highest BCUT2D eigenvalue weighted by atomic mass is 79.9. The van der Waals surface area contributed by atoms with Crippen LogP contribution < -0.4 is 10.5 Å². The topological polar surface area (TPSA) is 53.1 Å². The molecule has 0 bridgehead atoms. The Morgan fingerprint density at radius 1 is 1.44 bits per heavy atom. The van der Waals surface area contributed by atoms with Crippen molar-refractivity contribution in [3.8, 4) is 5.75 Å². The van der Waals surface area contributed by atoms with Crippen LogP contribution in [0.5, 0.6) is 5.75 Å². The van der Waals surface area contributed by atoms with Crippen molar-refractivity contribution < 1.29 is 4.74 Å². The fourth-order valence-electron chi connectivity index (χ4n) is 2.42. The van der Waals surface area contributed by atoms with Gasteiger partial charge in [-0.25, -0.2) is 4.68 Å². The van der Waals surface area contributed by atoms with E-state index in [2.05, 4.69) is 34.0 Å². The Balaban J connectivity index is 2.13. The number of benzene rings is 1. The first kappa shape index (κ1) is 11.6. The van der Waals surface area contributed by atoms with Gasteiger partial charge in [-0.3, -0.25) is 0 Å². The third-order valence-corrected chi connectivity index (χ3v) is 3.94. The van der Waals surface area contributed by atoms with Gasteiger partial charge in [-0.15, -0.1) is 0 Å². The fraction of sp³-hybridized carbons (Fsp3) is 0.308. The summed E-state index contributed by atoms with van der Waals surface area (Å²) < 4.78 is 8.44. The summed E-state index contributed by atoms with van der Waals surface area (Å²) in [6.07, 6.45) is 1.74. The molecule has 0 radical (unpaired) electrons. The lowest BCUT2D eigenvalue weighted by Crippen LogP contribution is -2.30. The second kappa shape index (κ2) is 4.31. The SMILES string of the molecule is CC1COc2ccccc2C1n1ncc(Br)c1N. The first-order valence-corrected chi connectivity index (χ1v) is 6.68. The predicted octanol–water partition coefficient (Wildman–Crippen LogP) is 2.85. The number of anilines is 1. The van der Waals surface area contributed by atoms with E-state index in [-0.39, 0.29) is 6.04 Å². The number of para-hydroxylation sites is 1. The van der Waals surface area contributed by atoms with Crippen LogP contribution in [-0.2, 0) is 0 Å². The van der Waals surface area contributed by atoms with Crippen LogP contribution in [0.25, 0.3) is 0 Å². The van der Waals surface area contributed by atoms with Crippen LogP contribution in [0.1, 0.15) is 18.5 Å². The third-order valence-electron chi connectivity index (χ3n) is 3.33. The van der Waals surface area contributed by atoms with Crippen LogP contribution in [-0.4, -0.2) is 16.4 Å². The molecule has 2 N–H and O–H groups in total. The lowest BCUT2D eigenvalue weighted by atomic mass is 9.92. The van der Waals surface area contributed by atoms with Crippen LogP contribution in [0.3, 0.4) is 0 Å². The normalized spacial score (nSPS) is 22.3. The number of aromatic nitrogens is 2. The Morgan fingerprint density at radius 2 is 2.22 bits per heavy atom. The summed E-state index contributed by atoms with van der Waals surface area (Å²) in [7, 11) is 0. The molecule has 4 nitrogen and oxygen atoms in total. The molecule has 2 atom stereocenters. The van der Waals surface area contributed by atoms with E-state index in [1.165, 1.54) is 0 Å². The van der Waals surface area contributed by atoms with Crippen molar-refractivity contribution in [2.75, 3.05) is 12.3 Å². The molecule has 0 aliphatic carbocycles. The Bertz CT molecular complexity index is 581. The van der Waals surface area contributed by atoms with Crippen molar-refractivity contribution in [3.05, 3.63) is 40.5 Å². The molecule has 0 saturated heterocycles. The summed E-state index contributed by atoms with van der Waals surface area (Å²) in [5.41, 5.74) is 7.20. The molecule has 0 amide bonds. The van der Waals surface area contributed by atoms with E-state index in [0.29, 0.717) is 18.3 Å². The molecule has 2 aromatic rings. The van der Waals surface area contributed by atoms with E-state index in [1.54, 1.807) is 6.20 Å². The van der Waals surface area contributed by atoms with Gasteiger partial charge in [-0.2, -0.15) is 5.10 Å². The highest BCUT2D eigenvalue weighted by molar-refractivity contribution is 9.10. The lowest BCUT2D eigenvalue weighted by molar-refractivity contribution is 0.186. The minimum atomic E-state index is 0.126. The van der Waals surface area contributed by atoms with Gasteiger partial charge in [0.2, 0.25) is 0 Å². The number of ether oxygens (including phenoxy) is 1. The zero-order valence-corrected chi connectivity index (χ0v) is 11.6. The van der Waals surface area contributed by atoms with Crippen molar-refractivity contribution >= 4 is 21.7 Å². The summed E-state index contributed by atoms with van der Waals surface area (Å²) >= 11 is 3.40. The van der Waals surface area contributed by atoms with Crippen LogP contribution in [0, 0.1) is 5.92 Å². The van der Waals surface area contributed by atoms with E-state index in [4.69, 9.17) is 10.5 Å². The molecule has 1 aliphatic rings. The van der Waals surface area contributed by atoms with Gasteiger partial charge in [-0.05, 0) is 22.0 Å². The van der Waals surface area contributed by atoms with Gasteiger partial charge in [0.05, 0.1) is 23.3 Å².